The second-order valence-electron chi connectivity index (χ2n) is 4.81. The molecule has 18 heavy (non-hydrogen) atoms. The van der Waals surface area contributed by atoms with Crippen LogP contribution in [0.15, 0.2) is 24.3 Å². The molecule has 0 radical (unpaired) electrons. The number of carbonyl (C=O) groups is 1. The first-order valence-electron chi connectivity index (χ1n) is 6.19. The second-order valence-corrected chi connectivity index (χ2v) is 4.81. The van der Waals surface area contributed by atoms with E-state index in [0.717, 1.165) is 11.3 Å². The fourth-order valence-electron chi connectivity index (χ4n) is 1.86. The van der Waals surface area contributed by atoms with Crippen molar-refractivity contribution in [3.8, 4) is 0 Å². The first-order valence-corrected chi connectivity index (χ1v) is 6.19. The van der Waals surface area contributed by atoms with Gasteiger partial charge in [0.25, 0.3) is 0 Å². The number of rotatable bonds is 5. The number of anilines is 1. The van der Waals surface area contributed by atoms with Crippen molar-refractivity contribution in [3.63, 3.8) is 0 Å². The zero-order valence-corrected chi connectivity index (χ0v) is 11.5. The molecule has 4 nitrogen and oxygen atoms in total. The number of hydrogen-bond donors (Lipinski definition) is 2. The SMILES string of the molecule is CC(C)NC(=O)CN(C)c1ccccc1[C@H](C)O. The number of aliphatic hydroxyl groups is 1. The minimum atomic E-state index is -0.545. The number of likely N-dealkylation sites (N-methyl/N-ethyl adjacent to an activating group) is 1. The van der Waals surface area contributed by atoms with Crippen LogP contribution in [0, 0.1) is 0 Å². The van der Waals surface area contributed by atoms with Gasteiger partial charge in [0.05, 0.1) is 12.6 Å². The van der Waals surface area contributed by atoms with Crippen LogP contribution in [-0.4, -0.2) is 30.6 Å². The van der Waals surface area contributed by atoms with E-state index >= 15 is 0 Å². The van der Waals surface area contributed by atoms with Crippen LogP contribution in [0.1, 0.15) is 32.4 Å². The summed E-state index contributed by atoms with van der Waals surface area (Å²) in [5.74, 6) is -0.0205. The number of hydrogen-bond acceptors (Lipinski definition) is 3. The highest BCUT2D eigenvalue weighted by atomic mass is 16.3. The lowest BCUT2D eigenvalue weighted by Crippen LogP contribution is -2.38. The van der Waals surface area contributed by atoms with Crippen LogP contribution >= 0.6 is 0 Å². The Labute approximate surface area is 109 Å². The molecular weight excluding hydrogens is 228 g/mol. The molecule has 1 rings (SSSR count). The van der Waals surface area contributed by atoms with Gasteiger partial charge in [-0.2, -0.15) is 0 Å². The fraction of sp³-hybridized carbons (Fsp3) is 0.500. The largest absolute Gasteiger partial charge is 0.389 e. The summed E-state index contributed by atoms with van der Waals surface area (Å²) in [4.78, 5) is 13.6. The average molecular weight is 250 g/mol. The van der Waals surface area contributed by atoms with E-state index < -0.39 is 6.10 Å². The third-order valence-corrected chi connectivity index (χ3v) is 2.63. The highest BCUT2D eigenvalue weighted by molar-refractivity contribution is 5.81. The molecule has 0 spiro atoms. The molecule has 1 atom stereocenters. The van der Waals surface area contributed by atoms with Gasteiger partial charge in [-0.1, -0.05) is 18.2 Å². The smallest absolute Gasteiger partial charge is 0.239 e. The molecule has 0 aromatic heterocycles. The fourth-order valence-corrected chi connectivity index (χ4v) is 1.86. The molecule has 1 aromatic carbocycles. The summed E-state index contributed by atoms with van der Waals surface area (Å²) < 4.78 is 0. The summed E-state index contributed by atoms with van der Waals surface area (Å²) in [6.45, 7) is 5.87. The van der Waals surface area contributed by atoms with E-state index in [1.807, 2.05) is 50.1 Å². The average Bonchev–Trinajstić information content (AvgIpc) is 2.27. The van der Waals surface area contributed by atoms with Crippen LogP contribution in [-0.2, 0) is 4.79 Å². The van der Waals surface area contributed by atoms with E-state index in [1.54, 1.807) is 6.92 Å². The molecule has 0 heterocycles. The second kappa shape index (κ2) is 6.40. The molecule has 0 saturated heterocycles. The molecule has 0 unspecified atom stereocenters. The lowest BCUT2D eigenvalue weighted by atomic mass is 10.1. The van der Waals surface area contributed by atoms with E-state index in [0.29, 0.717) is 0 Å². The zero-order valence-electron chi connectivity index (χ0n) is 11.5. The molecule has 0 fully saturated rings. The van der Waals surface area contributed by atoms with Crippen LogP contribution in [0.3, 0.4) is 0 Å². The summed E-state index contributed by atoms with van der Waals surface area (Å²) in [7, 11) is 1.85. The predicted molar refractivity (Wildman–Crippen MR) is 73.6 cm³/mol. The summed E-state index contributed by atoms with van der Waals surface area (Å²) in [5, 5.41) is 12.6. The molecule has 0 saturated carbocycles. The maximum absolute atomic E-state index is 11.7. The van der Waals surface area contributed by atoms with E-state index in [4.69, 9.17) is 0 Å². The first kappa shape index (κ1) is 14.5. The lowest BCUT2D eigenvalue weighted by Gasteiger charge is -2.23. The van der Waals surface area contributed by atoms with Gasteiger partial charge < -0.3 is 15.3 Å². The third kappa shape index (κ3) is 4.04. The number of benzene rings is 1. The summed E-state index contributed by atoms with van der Waals surface area (Å²) in [6, 6.07) is 7.70. The Balaban J connectivity index is 2.78. The Morgan fingerprint density at radius 2 is 1.94 bits per heavy atom. The zero-order chi connectivity index (χ0) is 13.7. The molecule has 1 aromatic rings. The van der Waals surface area contributed by atoms with Gasteiger partial charge in [0, 0.05) is 24.3 Å². The molecule has 0 bridgehead atoms. The topological polar surface area (TPSA) is 52.6 Å². The number of amides is 1. The van der Waals surface area contributed by atoms with Crippen molar-refractivity contribution in [2.45, 2.75) is 32.9 Å². The lowest BCUT2D eigenvalue weighted by molar-refractivity contribution is -0.120. The minimum Gasteiger partial charge on any atom is -0.389 e. The molecule has 100 valence electrons. The van der Waals surface area contributed by atoms with Gasteiger partial charge in [0.2, 0.25) is 5.91 Å². The Morgan fingerprint density at radius 1 is 1.33 bits per heavy atom. The molecule has 0 aliphatic heterocycles. The van der Waals surface area contributed by atoms with Crippen molar-refractivity contribution in [2.75, 3.05) is 18.5 Å². The van der Waals surface area contributed by atoms with Crippen LogP contribution in [0.2, 0.25) is 0 Å². The van der Waals surface area contributed by atoms with Crippen molar-refractivity contribution in [1.82, 2.24) is 5.32 Å². The normalized spacial score (nSPS) is 12.3. The van der Waals surface area contributed by atoms with Crippen molar-refractivity contribution in [3.05, 3.63) is 29.8 Å². The van der Waals surface area contributed by atoms with Gasteiger partial charge in [-0.25, -0.2) is 0 Å². The predicted octanol–water partition coefficient (Wildman–Crippen LogP) is 1.70. The highest BCUT2D eigenvalue weighted by Gasteiger charge is 2.13. The summed E-state index contributed by atoms with van der Waals surface area (Å²) in [6.07, 6.45) is -0.545. The van der Waals surface area contributed by atoms with E-state index in [9.17, 15) is 9.90 Å². The van der Waals surface area contributed by atoms with Crippen molar-refractivity contribution in [1.29, 1.82) is 0 Å². The van der Waals surface area contributed by atoms with Crippen molar-refractivity contribution >= 4 is 11.6 Å². The number of nitrogens with one attached hydrogen (secondary N) is 1. The maximum Gasteiger partial charge on any atom is 0.239 e. The maximum atomic E-state index is 11.7. The number of aliphatic hydroxyl groups excluding tert-OH is 1. The van der Waals surface area contributed by atoms with E-state index in [-0.39, 0.29) is 18.5 Å². The van der Waals surface area contributed by atoms with E-state index in [1.165, 1.54) is 0 Å². The summed E-state index contributed by atoms with van der Waals surface area (Å²) >= 11 is 0. The molecule has 0 aliphatic carbocycles. The Kier molecular flexibility index (Phi) is 5.16. The van der Waals surface area contributed by atoms with Gasteiger partial charge >= 0.3 is 0 Å². The highest BCUT2D eigenvalue weighted by Crippen LogP contribution is 2.24. The van der Waals surface area contributed by atoms with Gasteiger partial charge in [0.15, 0.2) is 0 Å². The number of carbonyl (C=O) groups excluding carboxylic acids is 1. The molecular formula is C14H22N2O2. The van der Waals surface area contributed by atoms with Gasteiger partial charge in [0.1, 0.15) is 0 Å². The van der Waals surface area contributed by atoms with E-state index in [2.05, 4.69) is 5.32 Å². The minimum absolute atomic E-state index is 0.0205. The van der Waals surface area contributed by atoms with Crippen molar-refractivity contribution < 1.29 is 9.90 Å². The van der Waals surface area contributed by atoms with Crippen LogP contribution in [0.25, 0.3) is 0 Å². The quantitative estimate of drug-likeness (QED) is 0.836. The van der Waals surface area contributed by atoms with Crippen LogP contribution in [0.5, 0.6) is 0 Å². The van der Waals surface area contributed by atoms with Gasteiger partial charge in [-0.15, -0.1) is 0 Å². The Morgan fingerprint density at radius 3 is 2.50 bits per heavy atom. The Bertz CT molecular complexity index is 403. The third-order valence-electron chi connectivity index (χ3n) is 2.63. The van der Waals surface area contributed by atoms with Gasteiger partial charge in [-0.05, 0) is 26.8 Å². The first-order chi connectivity index (χ1) is 8.41. The molecule has 1 amide bonds. The monoisotopic (exact) mass is 250 g/mol. The Hall–Kier alpha value is -1.55. The van der Waals surface area contributed by atoms with Gasteiger partial charge in [-0.3, -0.25) is 4.79 Å². The van der Waals surface area contributed by atoms with Crippen molar-refractivity contribution in [2.24, 2.45) is 0 Å². The number of para-hydroxylation sites is 1. The molecule has 0 aliphatic rings. The van der Waals surface area contributed by atoms with Crippen LogP contribution in [0.4, 0.5) is 5.69 Å². The summed E-state index contributed by atoms with van der Waals surface area (Å²) in [5.41, 5.74) is 1.71. The number of nitrogens with zero attached hydrogens (tertiary/aromatic N) is 1. The molecule has 4 heteroatoms. The molecule has 2 N–H and O–H groups in total. The van der Waals surface area contributed by atoms with Crippen LogP contribution < -0.4 is 10.2 Å². The standard InChI is InChI=1S/C14H22N2O2/c1-10(2)15-14(18)9-16(4)13-8-6-5-7-12(13)11(3)17/h5-8,10-11,17H,9H2,1-4H3,(H,15,18)/t11-/m0/s1.